The number of benzene rings is 1. The zero-order valence-electron chi connectivity index (χ0n) is 16.6. The Morgan fingerprint density at radius 2 is 1.87 bits per heavy atom. The molecule has 1 amide bonds. The van der Waals surface area contributed by atoms with Gasteiger partial charge in [0.2, 0.25) is 0 Å². The fraction of sp³-hybridized carbons (Fsp3) is 0.381. The highest BCUT2D eigenvalue weighted by molar-refractivity contribution is 8.04. The number of alkyl halides is 3. The van der Waals surface area contributed by atoms with Crippen LogP contribution in [0.1, 0.15) is 12.0 Å². The smallest absolute Gasteiger partial charge is 0.366 e. The Bertz CT molecular complexity index is 1170. The number of hydrogen-bond acceptors (Lipinski definition) is 5. The number of allylic oxidation sites excluding steroid dienone is 1. The lowest BCUT2D eigenvalue weighted by Crippen LogP contribution is -2.49. The maximum atomic E-state index is 12.9. The van der Waals surface area contributed by atoms with E-state index < -0.39 is 17.3 Å². The molecule has 0 N–H and O–H groups in total. The molecule has 31 heavy (non-hydrogen) atoms. The SMILES string of the molecule is Cn1c(=O)c(C#N)c(N2CCN(C(=O)C3=CCC(C(F)(F)F)S3)CC2)c2ccccc21. The monoisotopic (exact) mass is 448 g/mol. The van der Waals surface area contributed by atoms with Crippen LogP contribution < -0.4 is 10.5 Å². The van der Waals surface area contributed by atoms with Gasteiger partial charge in [0, 0.05) is 38.6 Å². The Hall–Kier alpha value is -2.93. The molecule has 2 aliphatic heterocycles. The molecule has 2 aliphatic rings. The maximum Gasteiger partial charge on any atom is 0.401 e. The highest BCUT2D eigenvalue weighted by Crippen LogP contribution is 2.42. The van der Waals surface area contributed by atoms with Gasteiger partial charge < -0.3 is 14.4 Å². The summed E-state index contributed by atoms with van der Waals surface area (Å²) in [6.07, 6.45) is -3.17. The first-order valence-electron chi connectivity index (χ1n) is 9.72. The van der Waals surface area contributed by atoms with Crippen molar-refractivity contribution in [3.8, 4) is 6.07 Å². The second kappa shape index (κ2) is 7.96. The number of carbonyl (C=O) groups is 1. The molecule has 0 spiro atoms. The Balaban J connectivity index is 1.55. The number of nitriles is 1. The number of pyridine rings is 1. The van der Waals surface area contributed by atoms with E-state index in [9.17, 15) is 28.0 Å². The quantitative estimate of drug-likeness (QED) is 0.707. The molecule has 0 saturated carbocycles. The van der Waals surface area contributed by atoms with Crippen molar-refractivity contribution in [3.05, 3.63) is 51.2 Å². The summed E-state index contributed by atoms with van der Waals surface area (Å²) >= 11 is 0.572. The lowest BCUT2D eigenvalue weighted by Gasteiger charge is -2.37. The van der Waals surface area contributed by atoms with Gasteiger partial charge in [-0.25, -0.2) is 0 Å². The topological polar surface area (TPSA) is 69.3 Å². The fourth-order valence-electron chi connectivity index (χ4n) is 4.00. The molecular weight excluding hydrogens is 429 g/mol. The Morgan fingerprint density at radius 3 is 2.48 bits per heavy atom. The number of aryl methyl sites for hydroxylation is 1. The first kappa shape index (κ1) is 21.3. The molecule has 6 nitrogen and oxygen atoms in total. The van der Waals surface area contributed by atoms with Gasteiger partial charge in [0.1, 0.15) is 16.9 Å². The number of carbonyl (C=O) groups excluding carboxylic acids is 1. The van der Waals surface area contributed by atoms with Crippen molar-refractivity contribution in [1.29, 1.82) is 5.26 Å². The minimum atomic E-state index is -4.34. The number of aromatic nitrogens is 1. The first-order valence-corrected chi connectivity index (χ1v) is 10.6. The maximum absolute atomic E-state index is 12.9. The molecule has 162 valence electrons. The third-order valence-corrected chi connectivity index (χ3v) is 6.97. The number of halogens is 3. The zero-order chi connectivity index (χ0) is 22.3. The molecule has 10 heteroatoms. The molecule has 1 aromatic heterocycles. The van der Waals surface area contributed by atoms with Crippen molar-refractivity contribution in [2.75, 3.05) is 31.1 Å². The number of amides is 1. The summed E-state index contributed by atoms with van der Waals surface area (Å²) in [6.45, 7) is 1.33. The van der Waals surface area contributed by atoms with Gasteiger partial charge in [0.15, 0.2) is 0 Å². The van der Waals surface area contributed by atoms with E-state index in [-0.39, 0.29) is 22.4 Å². The summed E-state index contributed by atoms with van der Waals surface area (Å²) in [6, 6.07) is 9.32. The molecule has 3 heterocycles. The predicted octanol–water partition coefficient (Wildman–Crippen LogP) is 3.01. The number of fused-ring (bicyclic) bond motifs is 1. The van der Waals surface area contributed by atoms with E-state index in [1.807, 2.05) is 35.2 Å². The average Bonchev–Trinajstić information content (AvgIpc) is 3.27. The second-order valence-corrected chi connectivity index (χ2v) is 8.69. The van der Waals surface area contributed by atoms with E-state index in [2.05, 4.69) is 0 Å². The van der Waals surface area contributed by atoms with E-state index in [0.29, 0.717) is 49.1 Å². The molecule has 1 aromatic carbocycles. The van der Waals surface area contributed by atoms with Crippen LogP contribution in [-0.4, -0.2) is 53.0 Å². The van der Waals surface area contributed by atoms with Crippen molar-refractivity contribution < 1.29 is 18.0 Å². The van der Waals surface area contributed by atoms with Gasteiger partial charge in [-0.1, -0.05) is 24.3 Å². The van der Waals surface area contributed by atoms with Gasteiger partial charge in [-0.15, -0.1) is 11.8 Å². The normalized spacial score (nSPS) is 19.5. The van der Waals surface area contributed by atoms with Crippen LogP contribution in [0.3, 0.4) is 0 Å². The molecule has 2 aromatic rings. The number of anilines is 1. The summed E-state index contributed by atoms with van der Waals surface area (Å²) in [5, 5.41) is 8.83. The third-order valence-electron chi connectivity index (χ3n) is 5.63. The van der Waals surface area contributed by atoms with Gasteiger partial charge >= 0.3 is 6.18 Å². The summed E-state index contributed by atoms with van der Waals surface area (Å²) in [5.41, 5.74) is 0.897. The van der Waals surface area contributed by atoms with Crippen LogP contribution in [0.5, 0.6) is 0 Å². The van der Waals surface area contributed by atoms with Crippen LogP contribution in [0, 0.1) is 11.3 Å². The predicted molar refractivity (Wildman–Crippen MR) is 113 cm³/mol. The number of piperazine rings is 1. The molecule has 1 unspecified atom stereocenters. The number of nitrogens with zero attached hydrogens (tertiary/aromatic N) is 4. The van der Waals surface area contributed by atoms with E-state index in [4.69, 9.17) is 0 Å². The summed E-state index contributed by atoms with van der Waals surface area (Å²) in [7, 11) is 1.62. The van der Waals surface area contributed by atoms with Crippen molar-refractivity contribution in [2.45, 2.75) is 17.8 Å². The standard InChI is InChI=1S/C21H19F3N4O2S/c1-26-15-5-3-2-4-13(15)18(14(12-25)19(26)29)27-8-10-28(11-9-27)20(30)16-6-7-17(31-16)21(22,23)24/h2-6,17H,7-11H2,1H3. The van der Waals surface area contributed by atoms with Crippen LogP contribution in [0.25, 0.3) is 10.9 Å². The molecule has 4 rings (SSSR count). The molecular formula is C21H19F3N4O2S. The van der Waals surface area contributed by atoms with E-state index in [1.165, 1.54) is 15.5 Å². The van der Waals surface area contributed by atoms with Gasteiger partial charge in [-0.2, -0.15) is 18.4 Å². The van der Waals surface area contributed by atoms with Gasteiger partial charge in [-0.05, 0) is 12.5 Å². The van der Waals surface area contributed by atoms with Crippen LogP contribution in [0.15, 0.2) is 40.0 Å². The lowest BCUT2D eigenvalue weighted by molar-refractivity contribution is -0.127. The van der Waals surface area contributed by atoms with Crippen LogP contribution in [0.2, 0.25) is 0 Å². The van der Waals surface area contributed by atoms with Crippen molar-refractivity contribution >= 4 is 34.3 Å². The highest BCUT2D eigenvalue weighted by atomic mass is 32.2. The van der Waals surface area contributed by atoms with Crippen molar-refractivity contribution in [2.24, 2.45) is 7.05 Å². The fourth-order valence-corrected chi connectivity index (χ4v) is 5.05. The molecule has 0 bridgehead atoms. The van der Waals surface area contributed by atoms with Crippen LogP contribution in [-0.2, 0) is 11.8 Å². The molecule has 1 fully saturated rings. The van der Waals surface area contributed by atoms with Crippen molar-refractivity contribution in [3.63, 3.8) is 0 Å². The Morgan fingerprint density at radius 1 is 1.19 bits per heavy atom. The van der Waals surface area contributed by atoms with E-state index in [0.717, 1.165) is 5.39 Å². The summed E-state index contributed by atoms with van der Waals surface area (Å²) in [4.78, 5) is 28.9. The minimum Gasteiger partial charge on any atom is -0.366 e. The number of thioether (sulfide) groups is 1. The Kier molecular flexibility index (Phi) is 5.47. The van der Waals surface area contributed by atoms with Gasteiger partial charge in [0.25, 0.3) is 11.5 Å². The first-order chi connectivity index (χ1) is 14.7. The van der Waals surface area contributed by atoms with Crippen LogP contribution in [0.4, 0.5) is 18.9 Å². The van der Waals surface area contributed by atoms with E-state index >= 15 is 0 Å². The average molecular weight is 448 g/mol. The lowest BCUT2D eigenvalue weighted by atomic mass is 10.1. The zero-order valence-corrected chi connectivity index (χ0v) is 17.5. The molecule has 0 aliphatic carbocycles. The molecule has 0 radical (unpaired) electrons. The molecule has 1 atom stereocenters. The van der Waals surface area contributed by atoms with Gasteiger partial charge in [-0.3, -0.25) is 9.59 Å². The van der Waals surface area contributed by atoms with Crippen LogP contribution >= 0.6 is 11.8 Å². The molecule has 1 saturated heterocycles. The summed E-state index contributed by atoms with van der Waals surface area (Å²) < 4.78 is 40.1. The van der Waals surface area contributed by atoms with E-state index in [1.54, 1.807) is 7.05 Å². The largest absolute Gasteiger partial charge is 0.401 e. The second-order valence-electron chi connectivity index (χ2n) is 7.45. The highest BCUT2D eigenvalue weighted by Gasteiger charge is 2.44. The number of hydrogen-bond donors (Lipinski definition) is 0. The third kappa shape index (κ3) is 3.78. The van der Waals surface area contributed by atoms with Crippen molar-refractivity contribution in [1.82, 2.24) is 9.47 Å². The number of rotatable bonds is 2. The minimum absolute atomic E-state index is 0.0445. The summed E-state index contributed by atoms with van der Waals surface area (Å²) in [5.74, 6) is -0.397. The number of para-hydroxylation sites is 1. The Labute approximate surface area is 180 Å². The van der Waals surface area contributed by atoms with Gasteiger partial charge in [0.05, 0.1) is 16.1 Å².